The van der Waals surface area contributed by atoms with Crippen molar-refractivity contribution >= 4 is 34.5 Å². The van der Waals surface area contributed by atoms with E-state index in [2.05, 4.69) is 20.8 Å². The second-order valence-electron chi connectivity index (χ2n) is 12.9. The SMILES string of the molecule is COc1ccc2cc1O[C@H]1C[C@@H](C(=O)NCCCCN(C(=O)Cc3cc(C)no3)CCCNC2=O)N(C(=O)CCc2c[nH]c3ccccc23)C1. The van der Waals surface area contributed by atoms with Crippen molar-refractivity contribution in [2.24, 2.45) is 0 Å². The Morgan fingerprint density at radius 1 is 1.00 bits per heavy atom. The molecule has 3 N–H and O–H groups in total. The minimum absolute atomic E-state index is 0.0889. The number of fused-ring (bicyclic) bond motifs is 5. The summed E-state index contributed by atoms with van der Waals surface area (Å²) in [5, 5.41) is 10.9. The first kappa shape index (κ1) is 34.5. The number of para-hydroxylation sites is 1. The molecule has 0 aliphatic carbocycles. The molecular formula is C37H44N6O7. The van der Waals surface area contributed by atoms with Gasteiger partial charge >= 0.3 is 0 Å². The first-order valence-electron chi connectivity index (χ1n) is 17.2. The number of nitrogens with zero attached hydrogens (tertiary/aromatic N) is 3. The van der Waals surface area contributed by atoms with E-state index in [1.165, 1.54) is 7.11 Å². The molecule has 4 bridgehead atoms. The first-order chi connectivity index (χ1) is 24.3. The Bertz CT molecular complexity index is 1830. The Balaban J connectivity index is 1.18. The van der Waals surface area contributed by atoms with Crippen molar-refractivity contribution < 1.29 is 33.2 Å². The summed E-state index contributed by atoms with van der Waals surface area (Å²) in [5.74, 6) is 0.518. The molecule has 13 nitrogen and oxygen atoms in total. The molecule has 50 heavy (non-hydrogen) atoms. The second kappa shape index (κ2) is 15.9. The van der Waals surface area contributed by atoms with E-state index in [-0.39, 0.29) is 49.4 Å². The molecular weight excluding hydrogens is 640 g/mol. The summed E-state index contributed by atoms with van der Waals surface area (Å²) in [4.78, 5) is 60.4. The van der Waals surface area contributed by atoms with Crippen molar-refractivity contribution in [1.29, 1.82) is 0 Å². The van der Waals surface area contributed by atoms with Crippen LogP contribution in [0.5, 0.6) is 11.5 Å². The average molecular weight is 685 g/mol. The number of hydrogen-bond acceptors (Lipinski definition) is 8. The van der Waals surface area contributed by atoms with E-state index in [4.69, 9.17) is 14.0 Å². The zero-order chi connectivity index (χ0) is 35.0. The molecule has 1 fully saturated rings. The normalized spacial score (nSPS) is 19.2. The molecule has 0 radical (unpaired) electrons. The van der Waals surface area contributed by atoms with Gasteiger partial charge in [-0.1, -0.05) is 23.4 Å². The molecule has 2 aromatic heterocycles. The molecule has 0 saturated carbocycles. The molecule has 0 unspecified atom stereocenters. The second-order valence-corrected chi connectivity index (χ2v) is 12.9. The number of rotatable bonds is 6. The van der Waals surface area contributed by atoms with Crippen molar-refractivity contribution in [2.45, 2.75) is 64.0 Å². The van der Waals surface area contributed by atoms with Crippen molar-refractivity contribution in [2.75, 3.05) is 39.8 Å². The number of amides is 4. The molecule has 13 heteroatoms. The van der Waals surface area contributed by atoms with Crippen molar-refractivity contribution in [1.82, 2.24) is 30.6 Å². The topological polar surface area (TPSA) is 159 Å². The van der Waals surface area contributed by atoms with Crippen molar-refractivity contribution in [3.05, 3.63) is 77.3 Å². The number of carbonyl (C=O) groups is 4. The van der Waals surface area contributed by atoms with Gasteiger partial charge in [0.1, 0.15) is 17.9 Å². The van der Waals surface area contributed by atoms with Gasteiger partial charge in [0.2, 0.25) is 17.7 Å². The maximum absolute atomic E-state index is 13.7. The highest BCUT2D eigenvalue weighted by molar-refractivity contribution is 5.95. The summed E-state index contributed by atoms with van der Waals surface area (Å²) in [6.45, 7) is 3.70. The quantitative estimate of drug-likeness (QED) is 0.278. The van der Waals surface area contributed by atoms with Gasteiger partial charge in [-0.05, 0) is 62.4 Å². The highest BCUT2D eigenvalue weighted by atomic mass is 16.5. The van der Waals surface area contributed by atoms with Gasteiger partial charge in [-0.15, -0.1) is 0 Å². The lowest BCUT2D eigenvalue weighted by Gasteiger charge is -2.24. The van der Waals surface area contributed by atoms with Gasteiger partial charge in [0.15, 0.2) is 11.5 Å². The van der Waals surface area contributed by atoms with E-state index in [1.54, 1.807) is 41.0 Å². The van der Waals surface area contributed by atoms with Crippen molar-refractivity contribution in [3.63, 3.8) is 0 Å². The van der Waals surface area contributed by atoms with E-state index in [9.17, 15) is 19.2 Å². The number of ether oxygens (including phenoxy) is 2. The lowest BCUT2D eigenvalue weighted by molar-refractivity contribution is -0.138. The maximum Gasteiger partial charge on any atom is 0.251 e. The smallest absolute Gasteiger partial charge is 0.251 e. The fourth-order valence-electron chi connectivity index (χ4n) is 6.67. The number of aromatic nitrogens is 2. The molecule has 6 rings (SSSR count). The van der Waals surface area contributed by atoms with Gasteiger partial charge in [-0.3, -0.25) is 19.2 Å². The van der Waals surface area contributed by atoms with E-state index in [0.717, 1.165) is 16.5 Å². The van der Waals surface area contributed by atoms with Gasteiger partial charge in [0.05, 0.1) is 25.8 Å². The van der Waals surface area contributed by atoms with Crippen molar-refractivity contribution in [3.8, 4) is 11.5 Å². The standard InChI is InChI=1S/C37H44N6O7/c1-24-18-27(50-41-24)21-35(45)42-16-6-5-14-39-37(47)31-20-28(49-33-19-25(10-12-32(33)48-2)36(46)38-15-7-17-42)23-43(31)34(44)13-11-26-22-40-30-9-4-3-8-29(26)30/h3-4,8-10,12,18-19,22,28,31,40H,5-7,11,13-17,20-21,23H2,1-2H3,(H,38,46)(H,39,47)/t28-,31-/m0/s1. The van der Waals surface area contributed by atoms with Crippen LogP contribution in [-0.4, -0.2) is 95.5 Å². The molecule has 264 valence electrons. The number of nitrogens with one attached hydrogen (secondary N) is 3. The highest BCUT2D eigenvalue weighted by Gasteiger charge is 2.40. The molecule has 2 aliphatic heterocycles. The maximum atomic E-state index is 13.7. The van der Waals surface area contributed by atoms with E-state index < -0.39 is 12.1 Å². The Hall–Kier alpha value is -5.33. The Morgan fingerprint density at radius 2 is 1.82 bits per heavy atom. The summed E-state index contributed by atoms with van der Waals surface area (Å²) in [6.07, 6.45) is 4.41. The minimum atomic E-state index is -0.724. The van der Waals surface area contributed by atoms with Gasteiger partial charge in [0, 0.05) is 67.8 Å². The summed E-state index contributed by atoms with van der Waals surface area (Å²) in [7, 11) is 1.52. The third-order valence-corrected chi connectivity index (χ3v) is 9.29. The zero-order valence-electron chi connectivity index (χ0n) is 28.5. The Morgan fingerprint density at radius 3 is 2.64 bits per heavy atom. The Kier molecular flexibility index (Phi) is 11.0. The fraction of sp³-hybridized carbons (Fsp3) is 0.432. The third kappa shape index (κ3) is 8.27. The highest BCUT2D eigenvalue weighted by Crippen LogP contribution is 2.32. The molecule has 1 saturated heterocycles. The van der Waals surface area contributed by atoms with E-state index >= 15 is 0 Å². The van der Waals surface area contributed by atoms with Gasteiger partial charge in [0.25, 0.3) is 5.91 Å². The largest absolute Gasteiger partial charge is 0.493 e. The molecule has 4 amide bonds. The number of aromatic amines is 1. The van der Waals surface area contributed by atoms with Crippen LogP contribution in [0.2, 0.25) is 0 Å². The van der Waals surface area contributed by atoms with Gasteiger partial charge in [-0.25, -0.2) is 0 Å². The Labute approximate surface area is 290 Å². The third-order valence-electron chi connectivity index (χ3n) is 9.29. The average Bonchev–Trinajstić information content (AvgIpc) is 3.85. The summed E-state index contributed by atoms with van der Waals surface area (Å²) in [5.41, 5.74) is 3.14. The zero-order valence-corrected chi connectivity index (χ0v) is 28.5. The predicted molar refractivity (Wildman–Crippen MR) is 185 cm³/mol. The lowest BCUT2D eigenvalue weighted by Crippen LogP contribution is -2.46. The van der Waals surface area contributed by atoms with Crippen LogP contribution in [-0.2, 0) is 27.2 Å². The number of hydrogen-bond donors (Lipinski definition) is 3. The molecule has 2 aliphatic rings. The van der Waals surface area contributed by atoms with E-state index in [0.29, 0.717) is 80.4 Å². The minimum Gasteiger partial charge on any atom is -0.493 e. The molecule has 4 heterocycles. The predicted octanol–water partition coefficient (Wildman–Crippen LogP) is 3.56. The number of H-pyrrole nitrogens is 1. The number of likely N-dealkylation sites (tertiary alicyclic amines) is 1. The number of carbonyl (C=O) groups excluding carboxylic acids is 4. The van der Waals surface area contributed by atoms with E-state index in [1.807, 2.05) is 30.5 Å². The molecule has 2 atom stereocenters. The number of methoxy groups -OCH3 is 1. The monoisotopic (exact) mass is 684 g/mol. The van der Waals surface area contributed by atoms with Crippen LogP contribution in [0.4, 0.5) is 0 Å². The first-order valence-corrected chi connectivity index (χ1v) is 17.2. The van der Waals surface area contributed by atoms with Crippen LogP contribution in [0, 0.1) is 6.92 Å². The van der Waals surface area contributed by atoms with Crippen LogP contribution < -0.4 is 20.1 Å². The summed E-state index contributed by atoms with van der Waals surface area (Å²) < 4.78 is 17.2. The number of benzene rings is 2. The summed E-state index contributed by atoms with van der Waals surface area (Å²) in [6, 6.07) is 13.9. The van der Waals surface area contributed by atoms with Crippen LogP contribution in [0.25, 0.3) is 10.9 Å². The van der Waals surface area contributed by atoms with Crippen LogP contribution >= 0.6 is 0 Å². The van der Waals surface area contributed by atoms with Crippen LogP contribution in [0.15, 0.2) is 59.3 Å². The summed E-state index contributed by atoms with van der Waals surface area (Å²) >= 11 is 0. The van der Waals surface area contributed by atoms with Crippen LogP contribution in [0.1, 0.15) is 59.5 Å². The van der Waals surface area contributed by atoms with Crippen LogP contribution in [0.3, 0.4) is 0 Å². The lowest BCUT2D eigenvalue weighted by atomic mass is 10.1. The molecule has 4 aromatic rings. The molecule has 2 aromatic carbocycles. The number of aryl methyl sites for hydroxylation is 2. The molecule has 0 spiro atoms. The van der Waals surface area contributed by atoms with Gasteiger partial charge < -0.3 is 39.4 Å². The fourth-order valence-corrected chi connectivity index (χ4v) is 6.67. The van der Waals surface area contributed by atoms with Gasteiger partial charge in [-0.2, -0.15) is 0 Å².